The first kappa shape index (κ1) is 27.5. The van der Waals surface area contributed by atoms with Gasteiger partial charge in [0.2, 0.25) is 5.91 Å². The SMILES string of the molecule is CC(C)(O)C1CCc2c([nH]c3c2C(c2cccc(-n4c(=O)[nH]c5c(F)cccc5c4=O)c2Cl)=C(Cl)C[C@@H]3C(N)=O)C1. The Kier molecular flexibility index (Phi) is 6.52. The normalized spacial score (nSPS) is 18.9. The Bertz CT molecular complexity index is 1910. The van der Waals surface area contributed by atoms with Gasteiger partial charge in [-0.1, -0.05) is 41.4 Å². The third kappa shape index (κ3) is 4.34. The molecule has 6 rings (SSSR count). The number of halogens is 3. The number of H-pyrrole nitrogens is 2. The number of nitrogens with one attached hydrogen (secondary N) is 2. The van der Waals surface area contributed by atoms with Crippen molar-refractivity contribution in [3.63, 3.8) is 0 Å². The predicted octanol–water partition coefficient (Wildman–Crippen LogP) is 4.65. The Morgan fingerprint density at radius 2 is 1.85 bits per heavy atom. The van der Waals surface area contributed by atoms with Crippen molar-refractivity contribution < 1.29 is 14.3 Å². The van der Waals surface area contributed by atoms with Gasteiger partial charge in [0, 0.05) is 39.5 Å². The summed E-state index contributed by atoms with van der Waals surface area (Å²) < 4.78 is 15.2. The van der Waals surface area contributed by atoms with Crippen LogP contribution in [-0.4, -0.2) is 31.1 Å². The number of fused-ring (bicyclic) bond motifs is 4. The molecule has 2 aromatic carbocycles. The van der Waals surface area contributed by atoms with Crippen molar-refractivity contribution in [2.75, 3.05) is 0 Å². The number of nitrogens with zero attached hydrogens (tertiary/aromatic N) is 1. The first-order chi connectivity index (χ1) is 19.4. The average Bonchev–Trinajstić information content (AvgIpc) is 3.28. The number of allylic oxidation sites excluding steroid dienone is 1. The van der Waals surface area contributed by atoms with E-state index in [9.17, 15) is 23.9 Å². The zero-order valence-corrected chi connectivity index (χ0v) is 23.8. The number of benzene rings is 2. The average molecular weight is 597 g/mol. The molecule has 0 saturated carbocycles. The van der Waals surface area contributed by atoms with Crippen LogP contribution in [0, 0.1) is 11.7 Å². The number of rotatable bonds is 4. The summed E-state index contributed by atoms with van der Waals surface area (Å²) in [5.74, 6) is -1.92. The molecule has 212 valence electrons. The molecule has 5 N–H and O–H groups in total. The van der Waals surface area contributed by atoms with Crippen molar-refractivity contribution in [3.8, 4) is 5.69 Å². The number of aromatic amines is 2. The number of hydrogen-bond acceptors (Lipinski definition) is 4. The van der Waals surface area contributed by atoms with Crippen LogP contribution in [0.5, 0.6) is 0 Å². The third-order valence-corrected chi connectivity index (χ3v) is 9.12. The van der Waals surface area contributed by atoms with Gasteiger partial charge in [-0.05, 0) is 62.8 Å². The molecule has 41 heavy (non-hydrogen) atoms. The second-order valence-corrected chi connectivity index (χ2v) is 12.1. The van der Waals surface area contributed by atoms with E-state index in [1.807, 2.05) is 0 Å². The minimum Gasteiger partial charge on any atom is -0.390 e. The van der Waals surface area contributed by atoms with Gasteiger partial charge in [-0.3, -0.25) is 9.59 Å². The molecule has 0 bridgehead atoms. The molecule has 1 amide bonds. The summed E-state index contributed by atoms with van der Waals surface area (Å²) >= 11 is 13.8. The Morgan fingerprint density at radius 3 is 2.56 bits per heavy atom. The molecule has 2 aromatic heterocycles. The van der Waals surface area contributed by atoms with E-state index in [1.165, 1.54) is 18.2 Å². The fourth-order valence-electron chi connectivity index (χ4n) is 6.23. The largest absolute Gasteiger partial charge is 0.390 e. The van der Waals surface area contributed by atoms with E-state index in [-0.39, 0.29) is 34.0 Å². The summed E-state index contributed by atoms with van der Waals surface area (Å²) in [7, 11) is 0. The van der Waals surface area contributed by atoms with Gasteiger partial charge in [-0.2, -0.15) is 0 Å². The van der Waals surface area contributed by atoms with E-state index in [4.69, 9.17) is 28.9 Å². The van der Waals surface area contributed by atoms with E-state index in [0.29, 0.717) is 34.7 Å². The summed E-state index contributed by atoms with van der Waals surface area (Å²) in [6.45, 7) is 3.58. The zero-order valence-electron chi connectivity index (χ0n) is 22.3. The molecule has 2 heterocycles. The lowest BCUT2D eigenvalue weighted by atomic mass is 9.75. The Hall–Kier alpha value is -3.66. The molecule has 0 radical (unpaired) electrons. The van der Waals surface area contributed by atoms with Crippen molar-refractivity contribution in [3.05, 3.63) is 101 Å². The molecule has 0 saturated heterocycles. The van der Waals surface area contributed by atoms with Gasteiger partial charge in [0.25, 0.3) is 5.56 Å². The quantitative estimate of drug-likeness (QED) is 0.273. The summed E-state index contributed by atoms with van der Waals surface area (Å²) in [5.41, 5.74) is 7.54. The smallest absolute Gasteiger partial charge is 0.333 e. The molecule has 1 unspecified atom stereocenters. The van der Waals surface area contributed by atoms with Gasteiger partial charge >= 0.3 is 5.69 Å². The lowest BCUT2D eigenvalue weighted by molar-refractivity contribution is -0.119. The third-order valence-electron chi connectivity index (χ3n) is 8.38. The number of aliphatic hydroxyl groups is 1. The van der Waals surface area contributed by atoms with Gasteiger partial charge in [0.1, 0.15) is 5.82 Å². The number of hydrogen-bond donors (Lipinski definition) is 4. The molecule has 0 aliphatic heterocycles. The zero-order chi connectivity index (χ0) is 29.4. The summed E-state index contributed by atoms with van der Waals surface area (Å²) in [5, 5.41) is 11.1. The summed E-state index contributed by atoms with van der Waals surface area (Å²) in [4.78, 5) is 44.8. The van der Waals surface area contributed by atoms with Crippen LogP contribution in [-0.2, 0) is 17.6 Å². The molecule has 2 atom stereocenters. The maximum absolute atomic E-state index is 14.3. The highest BCUT2D eigenvalue weighted by Crippen LogP contribution is 2.49. The molecule has 0 fully saturated rings. The van der Waals surface area contributed by atoms with E-state index >= 15 is 0 Å². The number of carbonyl (C=O) groups is 1. The topological polar surface area (TPSA) is 134 Å². The van der Waals surface area contributed by atoms with E-state index in [1.54, 1.807) is 26.0 Å². The van der Waals surface area contributed by atoms with E-state index in [0.717, 1.165) is 33.9 Å². The number of primary amides is 1. The lowest BCUT2D eigenvalue weighted by Crippen LogP contribution is -2.35. The second kappa shape index (κ2) is 9.72. The highest BCUT2D eigenvalue weighted by molar-refractivity contribution is 6.37. The second-order valence-electron chi connectivity index (χ2n) is 11.3. The van der Waals surface area contributed by atoms with Gasteiger partial charge in [0.15, 0.2) is 0 Å². The fourth-order valence-corrected chi connectivity index (χ4v) is 6.89. The number of nitrogens with two attached hydrogens (primary N) is 1. The maximum atomic E-state index is 14.3. The summed E-state index contributed by atoms with van der Waals surface area (Å²) in [6, 6.07) is 8.89. The molecule has 2 aliphatic carbocycles. The predicted molar refractivity (Wildman–Crippen MR) is 156 cm³/mol. The highest BCUT2D eigenvalue weighted by Gasteiger charge is 2.39. The first-order valence-electron chi connectivity index (χ1n) is 13.3. The molecule has 11 heteroatoms. The van der Waals surface area contributed by atoms with E-state index < -0.39 is 34.5 Å². The lowest BCUT2D eigenvalue weighted by Gasteiger charge is -2.33. The van der Waals surface area contributed by atoms with Crippen LogP contribution in [0.3, 0.4) is 0 Å². The Morgan fingerprint density at radius 1 is 1.12 bits per heavy atom. The Balaban J connectivity index is 1.56. The van der Waals surface area contributed by atoms with Crippen LogP contribution in [0.1, 0.15) is 60.7 Å². The standard InChI is InChI=1S/C30H27Cl2FN4O4/c1-30(2,41)13-9-10-14-20(11-13)35-26-17(27(34)38)12-18(31)22(23(14)26)15-5-4-8-21(24(15)32)37-28(39)16-6-3-7-19(33)25(16)36-29(37)40/h3-8,13,17,35,41H,9-12H2,1-2H3,(H2,34,38)(H,36,40)/t13?,17-/m0/s1. The van der Waals surface area contributed by atoms with Crippen LogP contribution in [0.2, 0.25) is 5.02 Å². The molecule has 2 aliphatic rings. The summed E-state index contributed by atoms with van der Waals surface area (Å²) in [6.07, 6.45) is 2.07. The van der Waals surface area contributed by atoms with Crippen LogP contribution >= 0.6 is 23.2 Å². The number of para-hydroxylation sites is 1. The van der Waals surface area contributed by atoms with Crippen molar-refractivity contribution in [1.29, 1.82) is 0 Å². The van der Waals surface area contributed by atoms with Crippen molar-refractivity contribution in [2.45, 2.75) is 51.0 Å². The molecule has 0 spiro atoms. The van der Waals surface area contributed by atoms with Crippen LogP contribution in [0.4, 0.5) is 4.39 Å². The first-order valence-corrected chi connectivity index (χ1v) is 14.0. The minimum absolute atomic E-state index is 0.00589. The molecule has 8 nitrogen and oxygen atoms in total. The van der Waals surface area contributed by atoms with Gasteiger partial charge < -0.3 is 20.8 Å². The van der Waals surface area contributed by atoms with Crippen LogP contribution < -0.4 is 17.0 Å². The molecule has 4 aromatic rings. The van der Waals surface area contributed by atoms with Gasteiger partial charge in [-0.25, -0.2) is 13.8 Å². The Labute approximate surface area is 243 Å². The fraction of sp³-hybridized carbons (Fsp3) is 0.300. The number of carbonyl (C=O) groups excluding carboxylic acids is 1. The minimum atomic E-state index is -0.885. The monoisotopic (exact) mass is 596 g/mol. The van der Waals surface area contributed by atoms with Crippen LogP contribution in [0.15, 0.2) is 51.0 Å². The maximum Gasteiger partial charge on any atom is 0.333 e. The number of aromatic nitrogens is 3. The highest BCUT2D eigenvalue weighted by atomic mass is 35.5. The van der Waals surface area contributed by atoms with E-state index in [2.05, 4.69) is 9.97 Å². The van der Waals surface area contributed by atoms with Crippen molar-refractivity contribution in [2.24, 2.45) is 11.7 Å². The van der Waals surface area contributed by atoms with Gasteiger partial charge in [0.05, 0.1) is 33.1 Å². The molecular weight excluding hydrogens is 570 g/mol. The van der Waals surface area contributed by atoms with Crippen molar-refractivity contribution >= 4 is 45.6 Å². The molecular formula is C30H27Cl2FN4O4. The van der Waals surface area contributed by atoms with Crippen molar-refractivity contribution in [1.82, 2.24) is 14.5 Å². The number of amides is 1. The van der Waals surface area contributed by atoms with Gasteiger partial charge in [-0.15, -0.1) is 0 Å². The van der Waals surface area contributed by atoms with Crippen LogP contribution in [0.25, 0.3) is 22.2 Å².